The van der Waals surface area contributed by atoms with Gasteiger partial charge in [-0.3, -0.25) is 0 Å². The largest absolute Gasteiger partial charge is 0.449 e. The van der Waals surface area contributed by atoms with Gasteiger partial charge in [-0.05, 0) is 34.4 Å². The van der Waals surface area contributed by atoms with Crippen LogP contribution >= 0.6 is 0 Å². The zero-order valence-corrected chi connectivity index (χ0v) is 8.03. The van der Waals surface area contributed by atoms with Gasteiger partial charge in [0.05, 0.1) is 0 Å². The first-order chi connectivity index (χ1) is 7.43. The van der Waals surface area contributed by atoms with Gasteiger partial charge in [0.1, 0.15) is 0 Å². The molecule has 3 aromatic rings. The van der Waals surface area contributed by atoms with Crippen molar-refractivity contribution in [1.29, 1.82) is 0 Å². The van der Waals surface area contributed by atoms with Gasteiger partial charge in [-0.1, -0.05) is 30.3 Å². The molecular weight excluding hydrogens is 184 g/mol. The van der Waals surface area contributed by atoms with E-state index >= 15 is 0 Å². The number of rotatable bonds is 0. The summed E-state index contributed by atoms with van der Waals surface area (Å²) in [6, 6.07) is 16.9. The quantitative estimate of drug-likeness (QED) is 0.302. The zero-order valence-electron chi connectivity index (χ0n) is 8.03. The summed E-state index contributed by atoms with van der Waals surface area (Å²) in [7, 11) is 0. The summed E-state index contributed by atoms with van der Waals surface area (Å²) in [4.78, 5) is 0. The Morgan fingerprint density at radius 3 is 2.53 bits per heavy atom. The first kappa shape index (κ1) is 7.30. The minimum absolute atomic E-state index is 1.03. The third-order valence-corrected chi connectivity index (χ3v) is 3.01. The van der Waals surface area contributed by atoms with Crippen LogP contribution in [0.25, 0.3) is 21.5 Å². The smallest absolute Gasteiger partial charge is 0.177 e. The molecular formula is C14H8O. The summed E-state index contributed by atoms with van der Waals surface area (Å²) in [5.74, 6) is 2.08. The van der Waals surface area contributed by atoms with Gasteiger partial charge in [0.25, 0.3) is 0 Å². The van der Waals surface area contributed by atoms with Gasteiger partial charge in [-0.25, -0.2) is 0 Å². The first-order valence-electron chi connectivity index (χ1n) is 5.06. The molecule has 0 aromatic heterocycles. The van der Waals surface area contributed by atoms with E-state index in [0.29, 0.717) is 0 Å². The molecule has 0 unspecified atom stereocenters. The van der Waals surface area contributed by atoms with Crippen molar-refractivity contribution in [2.75, 3.05) is 0 Å². The second kappa shape index (κ2) is 2.31. The topological polar surface area (TPSA) is 12.5 Å². The maximum Gasteiger partial charge on any atom is 0.177 e. The maximum absolute atomic E-state index is 5.40. The molecule has 3 aromatic carbocycles. The third kappa shape index (κ3) is 0.873. The number of hydrogen-bond acceptors (Lipinski definition) is 1. The summed E-state index contributed by atoms with van der Waals surface area (Å²) in [5.41, 5.74) is 0. The van der Waals surface area contributed by atoms with Crippen LogP contribution in [-0.4, -0.2) is 0 Å². The highest BCUT2D eigenvalue weighted by Crippen LogP contribution is 2.51. The molecule has 0 N–H and O–H groups in total. The van der Waals surface area contributed by atoms with E-state index < -0.39 is 0 Å². The van der Waals surface area contributed by atoms with Crippen molar-refractivity contribution >= 4 is 21.5 Å². The second-order valence-corrected chi connectivity index (χ2v) is 3.88. The lowest BCUT2D eigenvalue weighted by atomic mass is 10.0. The zero-order chi connectivity index (χ0) is 9.83. The molecule has 0 saturated carbocycles. The van der Waals surface area contributed by atoms with Crippen LogP contribution in [0.3, 0.4) is 0 Å². The molecule has 4 rings (SSSR count). The molecule has 0 radical (unpaired) electrons. The van der Waals surface area contributed by atoms with Crippen molar-refractivity contribution < 1.29 is 4.74 Å². The maximum atomic E-state index is 5.40. The van der Waals surface area contributed by atoms with Crippen LogP contribution in [0.2, 0.25) is 0 Å². The first-order valence-corrected chi connectivity index (χ1v) is 5.06. The minimum Gasteiger partial charge on any atom is -0.449 e. The molecule has 0 fully saturated rings. The second-order valence-electron chi connectivity index (χ2n) is 3.88. The molecule has 1 heterocycles. The predicted octanol–water partition coefficient (Wildman–Crippen LogP) is 4.10. The normalized spacial score (nSPS) is 12.5. The van der Waals surface area contributed by atoms with Gasteiger partial charge < -0.3 is 4.74 Å². The monoisotopic (exact) mass is 192 g/mol. The van der Waals surface area contributed by atoms with Crippen molar-refractivity contribution in [1.82, 2.24) is 0 Å². The molecule has 1 heteroatoms. The van der Waals surface area contributed by atoms with E-state index in [0.717, 1.165) is 11.5 Å². The fraction of sp³-hybridized carbons (Fsp3) is 0. The van der Waals surface area contributed by atoms with Crippen molar-refractivity contribution in [2.45, 2.75) is 0 Å². The molecule has 1 nitrogen and oxygen atoms in total. The predicted molar refractivity (Wildman–Crippen MR) is 61.5 cm³/mol. The van der Waals surface area contributed by atoms with E-state index in [1.165, 1.54) is 21.5 Å². The fourth-order valence-corrected chi connectivity index (χ4v) is 2.21. The van der Waals surface area contributed by atoms with Crippen molar-refractivity contribution in [2.24, 2.45) is 0 Å². The van der Waals surface area contributed by atoms with Crippen LogP contribution in [0.5, 0.6) is 11.5 Å². The van der Waals surface area contributed by atoms with E-state index in [-0.39, 0.29) is 0 Å². The van der Waals surface area contributed by atoms with Crippen LogP contribution in [0.1, 0.15) is 0 Å². The van der Waals surface area contributed by atoms with Crippen LogP contribution < -0.4 is 4.74 Å². The molecule has 0 saturated heterocycles. The Hall–Kier alpha value is -2.02. The molecule has 0 amide bonds. The lowest BCUT2D eigenvalue weighted by Gasteiger charge is -2.00. The summed E-state index contributed by atoms with van der Waals surface area (Å²) < 4.78 is 5.40. The van der Waals surface area contributed by atoms with Crippen LogP contribution in [0.15, 0.2) is 48.5 Å². The summed E-state index contributed by atoms with van der Waals surface area (Å²) >= 11 is 0. The van der Waals surface area contributed by atoms with Crippen molar-refractivity contribution in [3.05, 3.63) is 48.5 Å². The molecule has 0 bridgehead atoms. The van der Waals surface area contributed by atoms with Crippen LogP contribution in [0, 0.1) is 0 Å². The van der Waals surface area contributed by atoms with Gasteiger partial charge >= 0.3 is 0 Å². The third-order valence-electron chi connectivity index (χ3n) is 3.01. The molecule has 15 heavy (non-hydrogen) atoms. The Balaban J connectivity index is 2.32. The summed E-state index contributed by atoms with van der Waals surface area (Å²) in [5, 5.41) is 5.09. The van der Waals surface area contributed by atoms with E-state index in [4.69, 9.17) is 4.74 Å². The highest BCUT2D eigenvalue weighted by molar-refractivity contribution is 6.11. The number of fused-ring (bicyclic) bond motifs is 5. The van der Waals surface area contributed by atoms with E-state index in [2.05, 4.69) is 42.5 Å². The van der Waals surface area contributed by atoms with Crippen LogP contribution in [-0.2, 0) is 0 Å². The lowest BCUT2D eigenvalue weighted by molar-refractivity contribution is 0.653. The SMILES string of the molecule is c1ccc2c(c1)ccc1c3c(ccc12)O3. The van der Waals surface area contributed by atoms with E-state index in [1.54, 1.807) is 0 Å². The van der Waals surface area contributed by atoms with Crippen LogP contribution in [0.4, 0.5) is 0 Å². The average molecular weight is 192 g/mol. The van der Waals surface area contributed by atoms with Gasteiger partial charge in [0.15, 0.2) is 11.5 Å². The molecule has 70 valence electrons. The highest BCUT2D eigenvalue weighted by atomic mass is 16.6. The molecule has 1 aliphatic heterocycles. The Bertz CT molecular complexity index is 698. The Morgan fingerprint density at radius 1 is 0.667 bits per heavy atom. The van der Waals surface area contributed by atoms with E-state index in [1.807, 2.05) is 6.07 Å². The van der Waals surface area contributed by atoms with Crippen molar-refractivity contribution in [3.63, 3.8) is 0 Å². The Labute approximate surface area is 86.9 Å². The Morgan fingerprint density at radius 2 is 1.53 bits per heavy atom. The molecule has 0 spiro atoms. The summed E-state index contributed by atoms with van der Waals surface area (Å²) in [6.45, 7) is 0. The van der Waals surface area contributed by atoms with Crippen molar-refractivity contribution in [3.8, 4) is 11.5 Å². The van der Waals surface area contributed by atoms with Gasteiger partial charge in [-0.15, -0.1) is 0 Å². The van der Waals surface area contributed by atoms with E-state index in [9.17, 15) is 0 Å². The number of hydrogen-bond donors (Lipinski definition) is 0. The highest BCUT2D eigenvalue weighted by Gasteiger charge is 2.22. The lowest BCUT2D eigenvalue weighted by Crippen LogP contribution is -1.73. The molecule has 1 aliphatic rings. The Kier molecular flexibility index (Phi) is 1.13. The van der Waals surface area contributed by atoms with Gasteiger partial charge in [0, 0.05) is 5.39 Å². The number of ether oxygens (including phenoxy) is 1. The average Bonchev–Trinajstić information content (AvgIpc) is 3.07. The van der Waals surface area contributed by atoms with Gasteiger partial charge in [-0.2, -0.15) is 0 Å². The number of benzene rings is 3. The molecule has 0 aliphatic carbocycles. The molecule has 0 atom stereocenters. The minimum atomic E-state index is 1.03. The van der Waals surface area contributed by atoms with Gasteiger partial charge in [0.2, 0.25) is 0 Å². The standard InChI is InChI=1S/C14H8O/c1-2-4-10-9(3-1)5-6-12-11(10)7-8-13-14(12)15-13/h1-8H. The fourth-order valence-electron chi connectivity index (χ4n) is 2.21. The summed E-state index contributed by atoms with van der Waals surface area (Å²) in [6.07, 6.45) is 0.